The number of nitrogens with zero attached hydrogens (tertiary/aromatic N) is 3. The van der Waals surface area contributed by atoms with Crippen LogP contribution in [0.15, 0.2) is 29.1 Å². The van der Waals surface area contributed by atoms with E-state index in [9.17, 15) is 13.2 Å². The molecule has 1 aromatic carbocycles. The second-order valence-corrected chi connectivity index (χ2v) is 8.94. The Labute approximate surface area is 147 Å². The lowest BCUT2D eigenvalue weighted by Crippen LogP contribution is -2.48. The van der Waals surface area contributed by atoms with Gasteiger partial charge in [-0.2, -0.15) is 17.0 Å². The number of H-pyrrole nitrogens is 1. The van der Waals surface area contributed by atoms with E-state index in [4.69, 9.17) is 0 Å². The summed E-state index contributed by atoms with van der Waals surface area (Å²) in [5, 5.41) is 0. The molecule has 1 atom stereocenters. The Morgan fingerprint density at radius 1 is 1.08 bits per heavy atom. The van der Waals surface area contributed by atoms with Gasteiger partial charge >= 0.3 is 5.69 Å². The van der Waals surface area contributed by atoms with Crippen molar-refractivity contribution in [2.24, 2.45) is 0 Å². The fourth-order valence-electron chi connectivity index (χ4n) is 4.17. The summed E-state index contributed by atoms with van der Waals surface area (Å²) < 4.78 is 30.7. The lowest BCUT2D eigenvalue weighted by molar-refractivity contribution is 0.253. The molecule has 3 heterocycles. The topological polar surface area (TPSA) is 78.4 Å². The van der Waals surface area contributed by atoms with Crippen molar-refractivity contribution in [1.82, 2.24) is 18.2 Å². The van der Waals surface area contributed by atoms with Gasteiger partial charge in [0, 0.05) is 31.7 Å². The Kier molecular flexibility index (Phi) is 4.21. The molecule has 1 aromatic heterocycles. The number of para-hydroxylation sites is 2. The van der Waals surface area contributed by atoms with Gasteiger partial charge in [0.1, 0.15) is 0 Å². The molecule has 136 valence electrons. The minimum absolute atomic E-state index is 0.0334. The molecule has 2 aromatic rings. The molecule has 1 N–H and O–H groups in total. The predicted molar refractivity (Wildman–Crippen MR) is 96.7 cm³/mol. The average Bonchev–Trinajstić information content (AvgIpc) is 3.17. The van der Waals surface area contributed by atoms with E-state index in [-0.39, 0.29) is 17.8 Å². The molecule has 2 fully saturated rings. The molecular weight excluding hydrogens is 340 g/mol. The number of hydrogen-bond acceptors (Lipinski definition) is 3. The maximum absolute atomic E-state index is 12.8. The van der Waals surface area contributed by atoms with Crippen LogP contribution in [0.25, 0.3) is 11.0 Å². The van der Waals surface area contributed by atoms with Crippen LogP contribution in [0.3, 0.4) is 0 Å². The van der Waals surface area contributed by atoms with Crippen molar-refractivity contribution >= 4 is 21.2 Å². The summed E-state index contributed by atoms with van der Waals surface area (Å²) >= 11 is 0. The molecule has 2 saturated heterocycles. The molecule has 0 saturated carbocycles. The van der Waals surface area contributed by atoms with Crippen LogP contribution in [0.5, 0.6) is 0 Å². The minimum atomic E-state index is -3.38. The summed E-state index contributed by atoms with van der Waals surface area (Å²) in [7, 11) is -3.38. The maximum Gasteiger partial charge on any atom is 0.326 e. The number of fused-ring (bicyclic) bond motifs is 1. The number of rotatable bonds is 3. The summed E-state index contributed by atoms with van der Waals surface area (Å²) in [4.78, 5) is 15.2. The Balaban J connectivity index is 1.53. The van der Waals surface area contributed by atoms with Gasteiger partial charge in [0.15, 0.2) is 0 Å². The van der Waals surface area contributed by atoms with Crippen molar-refractivity contribution in [3.8, 4) is 0 Å². The highest BCUT2D eigenvalue weighted by molar-refractivity contribution is 7.86. The zero-order chi connectivity index (χ0) is 17.6. The van der Waals surface area contributed by atoms with Gasteiger partial charge in [0.05, 0.1) is 11.0 Å². The third-order valence-electron chi connectivity index (χ3n) is 5.53. The van der Waals surface area contributed by atoms with Crippen LogP contribution in [-0.4, -0.2) is 52.3 Å². The average molecular weight is 364 g/mol. The van der Waals surface area contributed by atoms with Gasteiger partial charge in [-0.15, -0.1) is 0 Å². The van der Waals surface area contributed by atoms with Crippen LogP contribution < -0.4 is 5.69 Å². The van der Waals surface area contributed by atoms with Gasteiger partial charge in [-0.25, -0.2) is 4.79 Å². The summed E-state index contributed by atoms with van der Waals surface area (Å²) in [6.07, 6.45) is 3.18. The van der Waals surface area contributed by atoms with E-state index >= 15 is 0 Å². The van der Waals surface area contributed by atoms with Crippen molar-refractivity contribution in [2.45, 2.75) is 44.7 Å². The second-order valence-electron chi connectivity index (χ2n) is 7.06. The van der Waals surface area contributed by atoms with Crippen molar-refractivity contribution < 1.29 is 8.42 Å². The monoisotopic (exact) mass is 364 g/mol. The zero-order valence-electron chi connectivity index (χ0n) is 14.4. The van der Waals surface area contributed by atoms with Gasteiger partial charge < -0.3 is 4.98 Å². The summed E-state index contributed by atoms with van der Waals surface area (Å²) in [5.41, 5.74) is 1.60. The Bertz CT molecular complexity index is 925. The minimum Gasteiger partial charge on any atom is -0.306 e. The number of piperidine rings is 1. The van der Waals surface area contributed by atoms with Crippen LogP contribution in [0, 0.1) is 0 Å². The number of nitrogens with one attached hydrogen (secondary N) is 1. The van der Waals surface area contributed by atoms with E-state index < -0.39 is 10.2 Å². The van der Waals surface area contributed by atoms with Crippen molar-refractivity contribution in [2.75, 3.05) is 19.6 Å². The van der Waals surface area contributed by atoms with Crippen molar-refractivity contribution in [1.29, 1.82) is 0 Å². The highest BCUT2D eigenvalue weighted by Gasteiger charge is 2.38. The molecule has 2 aliphatic rings. The fourth-order valence-corrected chi connectivity index (χ4v) is 6.05. The third-order valence-corrected chi connectivity index (χ3v) is 7.68. The molecule has 4 rings (SSSR count). The lowest BCUT2D eigenvalue weighted by Gasteiger charge is -2.35. The van der Waals surface area contributed by atoms with Crippen molar-refractivity contribution in [3.63, 3.8) is 0 Å². The zero-order valence-corrected chi connectivity index (χ0v) is 15.2. The molecule has 0 bridgehead atoms. The van der Waals surface area contributed by atoms with Crippen LogP contribution in [0.4, 0.5) is 0 Å². The maximum atomic E-state index is 12.8. The first-order chi connectivity index (χ1) is 12.0. The quantitative estimate of drug-likeness (QED) is 0.900. The lowest BCUT2D eigenvalue weighted by atomic mass is 10.1. The van der Waals surface area contributed by atoms with Gasteiger partial charge in [-0.1, -0.05) is 12.1 Å². The van der Waals surface area contributed by atoms with Gasteiger partial charge in [-0.3, -0.25) is 4.57 Å². The van der Waals surface area contributed by atoms with E-state index in [0.717, 1.165) is 23.9 Å². The Hall–Kier alpha value is -1.64. The number of aromatic amines is 1. The summed E-state index contributed by atoms with van der Waals surface area (Å²) in [6.45, 7) is 3.51. The summed E-state index contributed by atoms with van der Waals surface area (Å²) in [6, 6.07) is 7.75. The van der Waals surface area contributed by atoms with Gasteiger partial charge in [0.2, 0.25) is 0 Å². The van der Waals surface area contributed by atoms with Crippen LogP contribution >= 0.6 is 0 Å². The van der Waals surface area contributed by atoms with E-state index in [2.05, 4.69) is 4.98 Å². The standard InChI is InChI=1S/C17H24N4O3S/c1-13-5-4-10-20(13)25(23,24)19-11-8-14(9-12-19)21-16-7-3-2-6-15(16)18-17(21)22/h2-3,6-7,13-14H,4-5,8-12H2,1H3,(H,18,22). The van der Waals surface area contributed by atoms with E-state index in [1.54, 1.807) is 13.2 Å². The van der Waals surface area contributed by atoms with E-state index in [1.807, 2.05) is 31.2 Å². The van der Waals surface area contributed by atoms with Crippen LogP contribution in [0.1, 0.15) is 38.6 Å². The largest absolute Gasteiger partial charge is 0.326 e. The van der Waals surface area contributed by atoms with Gasteiger partial charge in [-0.05, 0) is 44.7 Å². The Morgan fingerprint density at radius 2 is 1.80 bits per heavy atom. The molecule has 2 aliphatic heterocycles. The Morgan fingerprint density at radius 3 is 2.48 bits per heavy atom. The molecule has 7 nitrogen and oxygen atoms in total. The normalized spacial score (nSPS) is 24.3. The SMILES string of the molecule is CC1CCCN1S(=O)(=O)N1CCC(n2c(=O)[nH]c3ccccc32)CC1. The molecule has 0 aliphatic carbocycles. The fraction of sp³-hybridized carbons (Fsp3) is 0.588. The molecule has 25 heavy (non-hydrogen) atoms. The van der Waals surface area contributed by atoms with E-state index in [0.29, 0.717) is 32.5 Å². The van der Waals surface area contributed by atoms with Crippen LogP contribution in [-0.2, 0) is 10.2 Å². The first-order valence-corrected chi connectivity index (χ1v) is 10.3. The molecule has 0 radical (unpaired) electrons. The highest BCUT2D eigenvalue weighted by Crippen LogP contribution is 2.29. The molecule has 0 spiro atoms. The summed E-state index contributed by atoms with van der Waals surface area (Å²) in [5.74, 6) is 0. The first-order valence-electron chi connectivity index (χ1n) is 8.94. The second kappa shape index (κ2) is 6.26. The number of aromatic nitrogens is 2. The molecule has 0 amide bonds. The third kappa shape index (κ3) is 2.82. The van der Waals surface area contributed by atoms with Crippen molar-refractivity contribution in [3.05, 3.63) is 34.7 Å². The van der Waals surface area contributed by atoms with Crippen LogP contribution in [0.2, 0.25) is 0 Å². The first kappa shape index (κ1) is 16.8. The smallest absolute Gasteiger partial charge is 0.306 e. The number of benzene rings is 1. The molecule has 8 heteroatoms. The molecule has 1 unspecified atom stereocenters. The highest BCUT2D eigenvalue weighted by atomic mass is 32.2. The van der Waals surface area contributed by atoms with Gasteiger partial charge in [0.25, 0.3) is 10.2 Å². The number of hydrogen-bond donors (Lipinski definition) is 1. The predicted octanol–water partition coefficient (Wildman–Crippen LogP) is 1.70. The number of imidazole rings is 1. The van der Waals surface area contributed by atoms with E-state index in [1.165, 1.54) is 0 Å². The molecular formula is C17H24N4O3S.